The molecule has 0 spiro atoms. The van der Waals surface area contributed by atoms with Crippen LogP contribution in [-0.2, 0) is 14.4 Å². The SMILES string of the molecule is Cc1ccc(N2C[C@@H](C(=O)Nc3nnc(SCC(N)=O)s3)CC2=O)cc1. The quantitative estimate of drug-likeness (QED) is 0.568. The molecular weight excluding hydrogens is 374 g/mol. The first kappa shape index (κ1) is 18.3. The molecule has 8 nitrogen and oxygen atoms in total. The van der Waals surface area contributed by atoms with Crippen molar-refractivity contribution in [3.63, 3.8) is 0 Å². The summed E-state index contributed by atoms with van der Waals surface area (Å²) in [7, 11) is 0. The third kappa shape index (κ3) is 4.38. The Morgan fingerprint density at radius 1 is 1.35 bits per heavy atom. The van der Waals surface area contributed by atoms with Gasteiger partial charge in [0.2, 0.25) is 22.9 Å². The first-order valence-electron chi connectivity index (χ1n) is 7.85. The van der Waals surface area contributed by atoms with Crippen LogP contribution in [0.25, 0.3) is 0 Å². The summed E-state index contributed by atoms with van der Waals surface area (Å²) in [5, 5.41) is 10.8. The zero-order valence-corrected chi connectivity index (χ0v) is 15.6. The second kappa shape index (κ2) is 7.83. The molecule has 0 saturated carbocycles. The van der Waals surface area contributed by atoms with Gasteiger partial charge in [-0.3, -0.25) is 14.4 Å². The summed E-state index contributed by atoms with van der Waals surface area (Å²) in [5.74, 6) is -1.14. The van der Waals surface area contributed by atoms with Crippen molar-refractivity contribution in [2.24, 2.45) is 11.7 Å². The Bertz CT molecular complexity index is 837. The van der Waals surface area contributed by atoms with Crippen molar-refractivity contribution >= 4 is 51.6 Å². The molecule has 1 saturated heterocycles. The molecule has 1 fully saturated rings. The monoisotopic (exact) mass is 391 g/mol. The van der Waals surface area contributed by atoms with Gasteiger partial charge in [-0.05, 0) is 19.1 Å². The average molecular weight is 391 g/mol. The van der Waals surface area contributed by atoms with Crippen LogP contribution in [0, 0.1) is 12.8 Å². The van der Waals surface area contributed by atoms with Crippen molar-refractivity contribution < 1.29 is 14.4 Å². The molecule has 0 unspecified atom stereocenters. The number of benzene rings is 1. The van der Waals surface area contributed by atoms with Gasteiger partial charge in [0, 0.05) is 18.7 Å². The van der Waals surface area contributed by atoms with Gasteiger partial charge < -0.3 is 16.0 Å². The lowest BCUT2D eigenvalue weighted by Gasteiger charge is -2.16. The lowest BCUT2D eigenvalue weighted by Crippen LogP contribution is -2.28. The Kier molecular flexibility index (Phi) is 5.52. The number of aryl methyl sites for hydroxylation is 1. The number of amides is 3. The molecule has 1 aliphatic heterocycles. The van der Waals surface area contributed by atoms with Gasteiger partial charge in [0.25, 0.3) is 0 Å². The van der Waals surface area contributed by atoms with Crippen LogP contribution in [-0.4, -0.2) is 40.2 Å². The average Bonchev–Trinajstić information content (AvgIpc) is 3.20. The van der Waals surface area contributed by atoms with Crippen molar-refractivity contribution in [3.05, 3.63) is 29.8 Å². The van der Waals surface area contributed by atoms with Crippen LogP contribution in [0.4, 0.5) is 10.8 Å². The van der Waals surface area contributed by atoms with Crippen LogP contribution < -0.4 is 16.0 Å². The second-order valence-corrected chi connectivity index (χ2v) is 8.06. The van der Waals surface area contributed by atoms with Crippen LogP contribution in [0.5, 0.6) is 0 Å². The molecule has 26 heavy (non-hydrogen) atoms. The van der Waals surface area contributed by atoms with E-state index < -0.39 is 11.8 Å². The minimum Gasteiger partial charge on any atom is -0.369 e. The fourth-order valence-electron chi connectivity index (χ4n) is 2.52. The number of thioether (sulfide) groups is 1. The van der Waals surface area contributed by atoms with E-state index in [1.807, 2.05) is 31.2 Å². The lowest BCUT2D eigenvalue weighted by molar-refractivity contribution is -0.122. The Morgan fingerprint density at radius 3 is 2.77 bits per heavy atom. The maximum atomic E-state index is 12.4. The molecule has 0 radical (unpaired) electrons. The minimum atomic E-state index is -0.450. The Labute approximate surface area is 158 Å². The summed E-state index contributed by atoms with van der Waals surface area (Å²) < 4.78 is 0.544. The van der Waals surface area contributed by atoms with Crippen LogP contribution >= 0.6 is 23.1 Å². The van der Waals surface area contributed by atoms with E-state index in [1.165, 1.54) is 0 Å². The summed E-state index contributed by atoms with van der Waals surface area (Å²) in [4.78, 5) is 37.1. The van der Waals surface area contributed by atoms with Crippen molar-refractivity contribution in [3.8, 4) is 0 Å². The number of rotatable bonds is 6. The van der Waals surface area contributed by atoms with Crippen LogP contribution in [0.3, 0.4) is 0 Å². The van der Waals surface area contributed by atoms with E-state index >= 15 is 0 Å². The molecule has 2 aromatic rings. The van der Waals surface area contributed by atoms with Gasteiger partial charge >= 0.3 is 0 Å². The summed E-state index contributed by atoms with van der Waals surface area (Å²) in [6.07, 6.45) is 0.155. The molecule has 1 aromatic heterocycles. The summed E-state index contributed by atoms with van der Waals surface area (Å²) in [5.41, 5.74) is 6.98. The van der Waals surface area contributed by atoms with E-state index in [0.717, 1.165) is 34.3 Å². The molecular formula is C16H17N5O3S2. The minimum absolute atomic E-state index is 0.0797. The van der Waals surface area contributed by atoms with Gasteiger partial charge in [0.1, 0.15) is 0 Å². The van der Waals surface area contributed by atoms with E-state index in [-0.39, 0.29) is 24.0 Å². The zero-order valence-electron chi connectivity index (χ0n) is 14.0. The van der Waals surface area contributed by atoms with Gasteiger partial charge in [-0.1, -0.05) is 40.8 Å². The molecule has 0 aliphatic carbocycles. The second-order valence-electron chi connectivity index (χ2n) is 5.86. The van der Waals surface area contributed by atoms with E-state index in [0.29, 0.717) is 16.0 Å². The van der Waals surface area contributed by atoms with E-state index in [1.54, 1.807) is 4.90 Å². The molecule has 3 amide bonds. The molecule has 0 bridgehead atoms. The Hall–Kier alpha value is -2.46. The maximum Gasteiger partial charge on any atom is 0.231 e. The van der Waals surface area contributed by atoms with Gasteiger partial charge in [0.15, 0.2) is 4.34 Å². The largest absolute Gasteiger partial charge is 0.369 e. The van der Waals surface area contributed by atoms with E-state index in [9.17, 15) is 14.4 Å². The molecule has 1 aromatic carbocycles. The predicted octanol–water partition coefficient (Wildman–Crippen LogP) is 1.42. The first-order chi connectivity index (χ1) is 12.4. The number of hydrogen-bond acceptors (Lipinski definition) is 7. The number of carbonyl (C=O) groups excluding carboxylic acids is 3. The molecule has 1 aliphatic rings. The molecule has 1 atom stereocenters. The van der Waals surface area contributed by atoms with Crippen LogP contribution in [0.1, 0.15) is 12.0 Å². The highest BCUT2D eigenvalue weighted by Gasteiger charge is 2.35. The number of aromatic nitrogens is 2. The van der Waals surface area contributed by atoms with Crippen molar-refractivity contribution in [1.82, 2.24) is 10.2 Å². The predicted molar refractivity (Wildman–Crippen MR) is 100 cm³/mol. The molecule has 136 valence electrons. The Morgan fingerprint density at radius 2 is 2.08 bits per heavy atom. The smallest absolute Gasteiger partial charge is 0.231 e. The van der Waals surface area contributed by atoms with Gasteiger partial charge in [-0.25, -0.2) is 0 Å². The van der Waals surface area contributed by atoms with Crippen molar-refractivity contribution in [2.75, 3.05) is 22.5 Å². The summed E-state index contributed by atoms with van der Waals surface area (Å²) in [6, 6.07) is 7.62. The van der Waals surface area contributed by atoms with E-state index in [4.69, 9.17) is 5.73 Å². The van der Waals surface area contributed by atoms with Gasteiger partial charge in [0.05, 0.1) is 11.7 Å². The lowest BCUT2D eigenvalue weighted by atomic mass is 10.1. The molecule has 3 rings (SSSR count). The number of primary amides is 1. The highest BCUT2D eigenvalue weighted by molar-refractivity contribution is 8.01. The normalized spacial score (nSPS) is 16.7. The molecule has 10 heteroatoms. The number of hydrogen-bond donors (Lipinski definition) is 2. The third-order valence-corrected chi connectivity index (χ3v) is 5.81. The standard InChI is InChI=1S/C16H17N5O3S2/c1-9-2-4-11(5-3-9)21-7-10(6-13(21)23)14(24)18-15-19-20-16(26-15)25-8-12(17)22/h2-5,10H,6-8H2,1H3,(H2,17,22)(H,18,19,24)/t10-/m0/s1. The Balaban J connectivity index is 1.59. The highest BCUT2D eigenvalue weighted by atomic mass is 32.2. The number of nitrogens with one attached hydrogen (secondary N) is 1. The maximum absolute atomic E-state index is 12.4. The first-order valence-corrected chi connectivity index (χ1v) is 9.65. The van der Waals surface area contributed by atoms with Gasteiger partial charge in [-0.15, -0.1) is 10.2 Å². The topological polar surface area (TPSA) is 118 Å². The highest BCUT2D eigenvalue weighted by Crippen LogP contribution is 2.28. The van der Waals surface area contributed by atoms with Crippen molar-refractivity contribution in [2.45, 2.75) is 17.7 Å². The van der Waals surface area contributed by atoms with Crippen LogP contribution in [0.15, 0.2) is 28.6 Å². The summed E-state index contributed by atoms with van der Waals surface area (Å²) >= 11 is 2.33. The number of anilines is 2. The van der Waals surface area contributed by atoms with Crippen LogP contribution in [0.2, 0.25) is 0 Å². The van der Waals surface area contributed by atoms with E-state index in [2.05, 4.69) is 15.5 Å². The van der Waals surface area contributed by atoms with Crippen molar-refractivity contribution in [1.29, 1.82) is 0 Å². The number of nitrogens with two attached hydrogens (primary N) is 1. The number of carbonyl (C=O) groups is 3. The zero-order chi connectivity index (χ0) is 18.7. The fraction of sp³-hybridized carbons (Fsp3) is 0.312. The number of nitrogens with zero attached hydrogens (tertiary/aromatic N) is 3. The van der Waals surface area contributed by atoms with Gasteiger partial charge in [-0.2, -0.15) is 0 Å². The third-order valence-electron chi connectivity index (χ3n) is 3.82. The molecule has 2 heterocycles. The fourth-order valence-corrected chi connectivity index (χ4v) is 4.01. The molecule has 3 N–H and O–H groups in total. The summed E-state index contributed by atoms with van der Waals surface area (Å²) in [6.45, 7) is 2.31.